The second-order valence-corrected chi connectivity index (χ2v) is 5.33. The fourth-order valence-corrected chi connectivity index (χ4v) is 2.24. The fraction of sp³-hybridized carbons (Fsp3) is 0.211. The van der Waals surface area contributed by atoms with E-state index < -0.39 is 4.92 Å². The van der Waals surface area contributed by atoms with Crippen LogP contribution in [0.25, 0.3) is 6.08 Å². The third kappa shape index (κ3) is 5.94. The molecule has 0 spiro atoms. The molecule has 0 fully saturated rings. The Kier molecular flexibility index (Phi) is 7.17. The molecule has 2 aromatic carbocycles. The summed E-state index contributed by atoms with van der Waals surface area (Å²) in [4.78, 5) is 22.3. The summed E-state index contributed by atoms with van der Waals surface area (Å²) in [6, 6.07) is 13.8. The van der Waals surface area contributed by atoms with Gasteiger partial charge in [0.2, 0.25) is 5.91 Å². The van der Waals surface area contributed by atoms with Crippen LogP contribution in [0.5, 0.6) is 5.75 Å². The molecule has 26 heavy (non-hydrogen) atoms. The Morgan fingerprint density at radius 3 is 2.58 bits per heavy atom. The molecule has 2 aromatic rings. The first-order valence-electron chi connectivity index (χ1n) is 8.26. The first-order valence-corrected chi connectivity index (χ1v) is 8.26. The summed E-state index contributed by atoms with van der Waals surface area (Å²) in [7, 11) is 0. The molecule has 0 saturated heterocycles. The van der Waals surface area contributed by atoms with Crippen molar-refractivity contribution < 1.29 is 14.5 Å². The number of carbonyl (C=O) groups excluding carboxylic acids is 1. The van der Waals surface area contributed by atoms with Gasteiger partial charge in [-0.1, -0.05) is 24.3 Å². The number of para-hydroxylation sites is 2. The maximum absolute atomic E-state index is 11.8. The first kappa shape index (κ1) is 19.0. The summed E-state index contributed by atoms with van der Waals surface area (Å²) < 4.78 is 5.36. The van der Waals surface area contributed by atoms with E-state index in [4.69, 9.17) is 4.74 Å². The van der Waals surface area contributed by atoms with Crippen molar-refractivity contribution in [3.8, 4) is 5.75 Å². The zero-order valence-electron chi connectivity index (χ0n) is 14.5. The third-order valence-electron chi connectivity index (χ3n) is 3.46. The van der Waals surface area contributed by atoms with E-state index in [1.807, 2.05) is 31.2 Å². The van der Waals surface area contributed by atoms with E-state index in [1.54, 1.807) is 24.3 Å². The van der Waals surface area contributed by atoms with Crippen LogP contribution in [0.3, 0.4) is 0 Å². The molecular formula is C19H21N3O4. The number of nitrogens with one attached hydrogen (secondary N) is 2. The Bertz CT molecular complexity index is 773. The van der Waals surface area contributed by atoms with Gasteiger partial charge in [-0.2, -0.15) is 0 Å². The van der Waals surface area contributed by atoms with Crippen LogP contribution in [0.2, 0.25) is 0 Å². The minimum Gasteiger partial charge on any atom is -0.494 e. The molecular weight excluding hydrogens is 334 g/mol. The molecule has 1 amide bonds. The summed E-state index contributed by atoms with van der Waals surface area (Å²) in [5.41, 5.74) is 1.33. The van der Waals surface area contributed by atoms with Gasteiger partial charge in [0.1, 0.15) is 11.4 Å². The number of nitro benzene ring substituents is 1. The van der Waals surface area contributed by atoms with E-state index in [0.29, 0.717) is 25.4 Å². The molecule has 0 aliphatic heterocycles. The molecule has 0 aliphatic rings. The van der Waals surface area contributed by atoms with Gasteiger partial charge in [0.15, 0.2) is 0 Å². The van der Waals surface area contributed by atoms with Gasteiger partial charge in [-0.25, -0.2) is 0 Å². The summed E-state index contributed by atoms with van der Waals surface area (Å²) in [6.45, 7) is 3.26. The molecule has 136 valence electrons. The highest BCUT2D eigenvalue weighted by Crippen LogP contribution is 2.22. The molecule has 0 bridgehead atoms. The smallest absolute Gasteiger partial charge is 0.292 e. The largest absolute Gasteiger partial charge is 0.494 e. The van der Waals surface area contributed by atoms with E-state index in [0.717, 1.165) is 11.3 Å². The molecule has 0 heterocycles. The van der Waals surface area contributed by atoms with Gasteiger partial charge in [-0.15, -0.1) is 0 Å². The predicted molar refractivity (Wildman–Crippen MR) is 101 cm³/mol. The minimum atomic E-state index is -0.444. The Labute approximate surface area is 151 Å². The first-order chi connectivity index (χ1) is 12.6. The molecule has 2 N–H and O–H groups in total. The van der Waals surface area contributed by atoms with Crippen molar-refractivity contribution in [1.82, 2.24) is 5.32 Å². The number of rotatable bonds is 9. The van der Waals surface area contributed by atoms with E-state index in [9.17, 15) is 14.9 Å². The zero-order valence-corrected chi connectivity index (χ0v) is 14.5. The second kappa shape index (κ2) is 9.83. The number of carbonyl (C=O) groups is 1. The maximum Gasteiger partial charge on any atom is 0.292 e. The number of amides is 1. The molecule has 7 nitrogen and oxygen atoms in total. The molecule has 0 saturated carbocycles. The van der Waals surface area contributed by atoms with Crippen molar-refractivity contribution in [3.05, 3.63) is 70.3 Å². The van der Waals surface area contributed by atoms with E-state index in [-0.39, 0.29) is 11.6 Å². The normalized spacial score (nSPS) is 10.5. The summed E-state index contributed by atoms with van der Waals surface area (Å²) >= 11 is 0. The summed E-state index contributed by atoms with van der Waals surface area (Å²) in [5.74, 6) is 0.554. The van der Waals surface area contributed by atoms with Gasteiger partial charge in [-0.05, 0) is 36.8 Å². The van der Waals surface area contributed by atoms with E-state index >= 15 is 0 Å². The monoisotopic (exact) mass is 355 g/mol. The van der Waals surface area contributed by atoms with Crippen molar-refractivity contribution in [2.24, 2.45) is 0 Å². The minimum absolute atomic E-state index is 0.00854. The lowest BCUT2D eigenvalue weighted by atomic mass is 10.2. The fourth-order valence-electron chi connectivity index (χ4n) is 2.24. The van der Waals surface area contributed by atoms with Crippen LogP contribution in [-0.4, -0.2) is 30.5 Å². The third-order valence-corrected chi connectivity index (χ3v) is 3.46. The number of nitrogens with zero attached hydrogens (tertiary/aromatic N) is 1. The number of hydrogen-bond donors (Lipinski definition) is 2. The van der Waals surface area contributed by atoms with E-state index in [1.165, 1.54) is 12.1 Å². The molecule has 0 atom stereocenters. The molecule has 2 rings (SSSR count). The van der Waals surface area contributed by atoms with Crippen molar-refractivity contribution in [1.29, 1.82) is 0 Å². The van der Waals surface area contributed by atoms with Crippen molar-refractivity contribution in [2.75, 3.05) is 25.0 Å². The number of anilines is 1. The van der Waals surface area contributed by atoms with Gasteiger partial charge >= 0.3 is 0 Å². The van der Waals surface area contributed by atoms with Crippen LogP contribution in [-0.2, 0) is 4.79 Å². The SMILES string of the molecule is CCOc1ccc(/C=C/C(=O)NCCNc2ccccc2[N+](=O)[O-])cc1. The highest BCUT2D eigenvalue weighted by molar-refractivity contribution is 5.91. The highest BCUT2D eigenvalue weighted by Gasteiger charge is 2.11. The Hall–Kier alpha value is -3.35. The average molecular weight is 355 g/mol. The maximum atomic E-state index is 11.8. The number of ether oxygens (including phenoxy) is 1. The predicted octanol–water partition coefficient (Wildman–Crippen LogP) is 3.24. The molecule has 0 aromatic heterocycles. The second-order valence-electron chi connectivity index (χ2n) is 5.33. The lowest BCUT2D eigenvalue weighted by molar-refractivity contribution is -0.384. The average Bonchev–Trinajstić information content (AvgIpc) is 2.65. The van der Waals surface area contributed by atoms with Gasteiger partial charge in [0, 0.05) is 25.2 Å². The number of hydrogen-bond acceptors (Lipinski definition) is 5. The lowest BCUT2D eigenvalue weighted by Gasteiger charge is -2.07. The number of benzene rings is 2. The highest BCUT2D eigenvalue weighted by atomic mass is 16.6. The Balaban J connectivity index is 1.76. The number of nitro groups is 1. The van der Waals surface area contributed by atoms with Gasteiger partial charge in [-0.3, -0.25) is 14.9 Å². The topological polar surface area (TPSA) is 93.5 Å². The zero-order chi connectivity index (χ0) is 18.8. The van der Waals surface area contributed by atoms with Crippen LogP contribution in [0.1, 0.15) is 12.5 Å². The van der Waals surface area contributed by atoms with Crippen LogP contribution in [0, 0.1) is 10.1 Å². The summed E-state index contributed by atoms with van der Waals surface area (Å²) in [5, 5.41) is 16.6. The van der Waals surface area contributed by atoms with Crippen LogP contribution < -0.4 is 15.4 Å². The van der Waals surface area contributed by atoms with Crippen molar-refractivity contribution >= 4 is 23.4 Å². The van der Waals surface area contributed by atoms with Crippen LogP contribution in [0.4, 0.5) is 11.4 Å². The van der Waals surface area contributed by atoms with Crippen molar-refractivity contribution in [3.63, 3.8) is 0 Å². The standard InChI is InChI=1S/C19H21N3O4/c1-2-26-16-10-7-15(8-11-16)9-12-19(23)21-14-13-20-17-5-3-4-6-18(17)22(24)25/h3-12,20H,2,13-14H2,1H3,(H,21,23)/b12-9+. The Morgan fingerprint density at radius 1 is 1.15 bits per heavy atom. The van der Waals surface area contributed by atoms with Crippen LogP contribution >= 0.6 is 0 Å². The van der Waals surface area contributed by atoms with Gasteiger partial charge < -0.3 is 15.4 Å². The Morgan fingerprint density at radius 2 is 1.88 bits per heavy atom. The van der Waals surface area contributed by atoms with Gasteiger partial charge in [0.25, 0.3) is 5.69 Å². The van der Waals surface area contributed by atoms with Crippen molar-refractivity contribution in [2.45, 2.75) is 6.92 Å². The quantitative estimate of drug-likeness (QED) is 0.312. The van der Waals surface area contributed by atoms with Gasteiger partial charge in [0.05, 0.1) is 11.5 Å². The van der Waals surface area contributed by atoms with Crippen LogP contribution in [0.15, 0.2) is 54.6 Å². The molecule has 0 unspecified atom stereocenters. The molecule has 0 radical (unpaired) electrons. The lowest BCUT2D eigenvalue weighted by Crippen LogP contribution is -2.27. The summed E-state index contributed by atoms with van der Waals surface area (Å²) in [6.07, 6.45) is 3.15. The molecule has 0 aliphatic carbocycles. The molecule has 7 heteroatoms. The van der Waals surface area contributed by atoms with E-state index in [2.05, 4.69) is 10.6 Å².